The van der Waals surface area contributed by atoms with Gasteiger partial charge in [0.2, 0.25) is 5.71 Å². The first-order valence-corrected chi connectivity index (χ1v) is 8.87. The average molecular weight is 332 g/mol. The van der Waals surface area contributed by atoms with Crippen LogP contribution in [0.3, 0.4) is 0 Å². The number of fused-ring (bicyclic) bond motifs is 1. The number of H-pyrrole nitrogens is 1. The highest BCUT2D eigenvalue weighted by Gasteiger charge is 2.21. The minimum absolute atomic E-state index is 0.0677. The van der Waals surface area contributed by atoms with Crippen LogP contribution in [-0.2, 0) is 6.42 Å². The first kappa shape index (κ1) is 16.7. The van der Waals surface area contributed by atoms with E-state index >= 15 is 0 Å². The van der Waals surface area contributed by atoms with Crippen LogP contribution < -0.4 is 15.9 Å². The van der Waals surface area contributed by atoms with Crippen molar-refractivity contribution in [3.8, 4) is 6.01 Å². The van der Waals surface area contributed by atoms with Crippen LogP contribution in [0.1, 0.15) is 57.4 Å². The molecule has 1 fully saturated rings. The van der Waals surface area contributed by atoms with Gasteiger partial charge in [-0.2, -0.15) is 4.98 Å². The van der Waals surface area contributed by atoms with Crippen LogP contribution in [0.5, 0.6) is 6.01 Å². The Morgan fingerprint density at radius 1 is 1.29 bits per heavy atom. The van der Waals surface area contributed by atoms with Crippen molar-refractivity contribution >= 4 is 11.1 Å². The van der Waals surface area contributed by atoms with Crippen LogP contribution in [0.15, 0.2) is 20.1 Å². The highest BCUT2D eigenvalue weighted by atomic mass is 16.5. The number of aromatic nitrogens is 2. The zero-order valence-corrected chi connectivity index (χ0v) is 14.1. The molecule has 1 N–H and O–H groups in total. The highest BCUT2D eigenvalue weighted by molar-refractivity contribution is 5.75. The predicted octanol–water partition coefficient (Wildman–Crippen LogP) is 3.18. The summed E-state index contributed by atoms with van der Waals surface area (Å²) in [5.74, 6) is 0.830. The molecule has 2 aromatic heterocycles. The molecule has 6 heteroatoms. The second-order valence-electron chi connectivity index (χ2n) is 6.53. The quantitative estimate of drug-likeness (QED) is 0.713. The Morgan fingerprint density at radius 2 is 2.12 bits per heavy atom. The zero-order chi connectivity index (χ0) is 16.9. The normalized spacial score (nSPS) is 14.2. The average Bonchev–Trinajstić information content (AvgIpc) is 3.35. The molecule has 3 rings (SSSR count). The fourth-order valence-corrected chi connectivity index (χ4v) is 2.90. The van der Waals surface area contributed by atoms with E-state index in [9.17, 15) is 9.59 Å². The van der Waals surface area contributed by atoms with Gasteiger partial charge in [0.25, 0.3) is 11.6 Å². The lowest BCUT2D eigenvalue weighted by molar-refractivity contribution is 0.281. The summed E-state index contributed by atoms with van der Waals surface area (Å²) in [4.78, 5) is 31.0. The Hall–Kier alpha value is -2.11. The fraction of sp³-hybridized carbons (Fsp3) is 0.611. The molecule has 0 unspecified atom stereocenters. The second-order valence-corrected chi connectivity index (χ2v) is 6.53. The third kappa shape index (κ3) is 4.24. The molecule has 24 heavy (non-hydrogen) atoms. The minimum atomic E-state index is -0.473. The summed E-state index contributed by atoms with van der Waals surface area (Å²) in [7, 11) is 0. The van der Waals surface area contributed by atoms with Gasteiger partial charge in [0.1, 0.15) is 5.39 Å². The number of rotatable bonds is 9. The van der Waals surface area contributed by atoms with Crippen molar-refractivity contribution in [2.24, 2.45) is 5.92 Å². The van der Waals surface area contributed by atoms with Gasteiger partial charge < -0.3 is 9.15 Å². The van der Waals surface area contributed by atoms with Crippen molar-refractivity contribution in [2.75, 3.05) is 6.61 Å². The Morgan fingerprint density at radius 3 is 2.88 bits per heavy atom. The van der Waals surface area contributed by atoms with Crippen molar-refractivity contribution in [1.82, 2.24) is 9.97 Å². The summed E-state index contributed by atoms with van der Waals surface area (Å²) in [6.07, 6.45) is 8.45. The number of unbranched alkanes of at least 4 members (excludes halogenated alkanes) is 2. The summed E-state index contributed by atoms with van der Waals surface area (Å²) in [6.45, 7) is 2.59. The maximum Gasteiger partial charge on any atom is 0.337 e. The van der Waals surface area contributed by atoms with Crippen LogP contribution in [0.2, 0.25) is 0 Å². The monoisotopic (exact) mass is 332 g/mol. The summed E-state index contributed by atoms with van der Waals surface area (Å²) < 4.78 is 10.6. The topological polar surface area (TPSA) is 85.2 Å². The molecule has 1 saturated carbocycles. The van der Waals surface area contributed by atoms with E-state index in [-0.39, 0.29) is 17.3 Å². The number of aromatic amines is 1. The molecular weight excluding hydrogens is 308 g/mol. The molecule has 0 saturated heterocycles. The molecule has 0 aromatic carbocycles. The molecule has 0 spiro atoms. The Kier molecular flexibility index (Phi) is 5.33. The van der Waals surface area contributed by atoms with Crippen molar-refractivity contribution in [3.05, 3.63) is 32.4 Å². The highest BCUT2D eigenvalue weighted by Crippen LogP contribution is 2.34. The number of ether oxygens (including phenoxy) is 1. The zero-order valence-electron chi connectivity index (χ0n) is 14.1. The van der Waals surface area contributed by atoms with E-state index < -0.39 is 5.63 Å². The largest absolute Gasteiger partial charge is 0.465 e. The molecule has 2 aromatic rings. The van der Waals surface area contributed by atoms with Gasteiger partial charge in [-0.05, 0) is 30.7 Å². The van der Waals surface area contributed by atoms with Crippen molar-refractivity contribution < 1.29 is 9.15 Å². The van der Waals surface area contributed by atoms with Gasteiger partial charge in [0, 0.05) is 6.07 Å². The molecule has 1 aliphatic rings. The molecule has 6 nitrogen and oxygen atoms in total. The molecular formula is C18H24N2O4. The number of hydrogen-bond donors (Lipinski definition) is 1. The van der Waals surface area contributed by atoms with Crippen molar-refractivity contribution in [1.29, 1.82) is 0 Å². The van der Waals surface area contributed by atoms with Gasteiger partial charge in [-0.1, -0.05) is 39.0 Å². The molecule has 130 valence electrons. The van der Waals surface area contributed by atoms with Crippen LogP contribution in [0.4, 0.5) is 0 Å². The molecule has 0 amide bonds. The van der Waals surface area contributed by atoms with Crippen molar-refractivity contribution in [2.45, 2.75) is 58.3 Å². The second kappa shape index (κ2) is 7.64. The standard InChI is InChI=1S/C18H24N2O4/c1-2-3-4-10-23-18-19-16(22)15-13(7-5-6-12-8-9-12)11-14(21)24-17(15)20-18/h11-12H,2-10H2,1H3,(H,19,20,22). The fourth-order valence-electron chi connectivity index (χ4n) is 2.90. The summed E-state index contributed by atoms with van der Waals surface area (Å²) in [5, 5.41) is 0.367. The molecule has 2 heterocycles. The van der Waals surface area contributed by atoms with Gasteiger partial charge >= 0.3 is 5.63 Å². The van der Waals surface area contributed by atoms with Gasteiger partial charge in [-0.25, -0.2) is 4.79 Å². The van der Waals surface area contributed by atoms with E-state index in [1.807, 2.05) is 0 Å². The summed E-state index contributed by atoms with van der Waals surface area (Å²) in [5.41, 5.74) is 0.000893. The van der Waals surface area contributed by atoms with Crippen molar-refractivity contribution in [3.63, 3.8) is 0 Å². The van der Waals surface area contributed by atoms with E-state index in [1.54, 1.807) is 0 Å². The van der Waals surface area contributed by atoms with Crippen LogP contribution in [0, 0.1) is 5.92 Å². The SMILES string of the molecule is CCCCCOc1nc2oc(=O)cc(CCCC3CC3)c2c(=O)[nH]1. The van der Waals surface area contributed by atoms with E-state index in [0.29, 0.717) is 24.0 Å². The number of nitrogens with one attached hydrogen (secondary N) is 1. The van der Waals surface area contributed by atoms with E-state index in [2.05, 4.69) is 16.9 Å². The lowest BCUT2D eigenvalue weighted by atomic mass is 10.1. The molecule has 0 aliphatic heterocycles. The van der Waals surface area contributed by atoms with Gasteiger partial charge in [-0.15, -0.1) is 0 Å². The first-order valence-electron chi connectivity index (χ1n) is 8.87. The van der Waals surface area contributed by atoms with E-state index in [4.69, 9.17) is 9.15 Å². The number of hydrogen-bond acceptors (Lipinski definition) is 5. The molecule has 0 atom stereocenters. The maximum atomic E-state index is 12.4. The van der Waals surface area contributed by atoms with Gasteiger partial charge in [0.15, 0.2) is 0 Å². The van der Waals surface area contributed by atoms with Crippen LogP contribution >= 0.6 is 0 Å². The molecule has 0 bridgehead atoms. The predicted molar refractivity (Wildman–Crippen MR) is 91.6 cm³/mol. The van der Waals surface area contributed by atoms with Gasteiger partial charge in [0.05, 0.1) is 6.61 Å². The Bertz CT molecular complexity index is 805. The van der Waals surface area contributed by atoms with Crippen LogP contribution in [0.25, 0.3) is 11.1 Å². The molecule has 0 radical (unpaired) electrons. The van der Waals surface area contributed by atoms with E-state index in [0.717, 1.165) is 38.0 Å². The number of aryl methyl sites for hydroxylation is 1. The van der Waals surface area contributed by atoms with Crippen LogP contribution in [-0.4, -0.2) is 16.6 Å². The third-order valence-corrected chi connectivity index (χ3v) is 4.42. The van der Waals surface area contributed by atoms with E-state index in [1.165, 1.54) is 18.9 Å². The minimum Gasteiger partial charge on any atom is -0.465 e. The maximum absolute atomic E-state index is 12.4. The summed E-state index contributed by atoms with van der Waals surface area (Å²) >= 11 is 0. The lowest BCUT2D eigenvalue weighted by Gasteiger charge is -2.07. The third-order valence-electron chi connectivity index (χ3n) is 4.42. The van der Waals surface area contributed by atoms with Gasteiger partial charge in [-0.3, -0.25) is 9.78 Å². The Labute approximate surface area is 140 Å². The summed E-state index contributed by atoms with van der Waals surface area (Å²) in [6, 6.07) is 1.52. The Balaban J connectivity index is 1.81. The number of nitrogens with zero attached hydrogens (tertiary/aromatic N) is 1. The smallest absolute Gasteiger partial charge is 0.337 e. The first-order chi connectivity index (χ1) is 11.7. The molecule has 1 aliphatic carbocycles. The lowest BCUT2D eigenvalue weighted by Crippen LogP contribution is -2.15.